The Hall–Kier alpha value is -3.36. The predicted octanol–water partition coefficient (Wildman–Crippen LogP) is 4.16. The van der Waals surface area contributed by atoms with E-state index >= 15 is 0 Å². The second kappa shape index (κ2) is 9.08. The van der Waals surface area contributed by atoms with Crippen molar-refractivity contribution in [3.05, 3.63) is 65.2 Å². The lowest BCUT2D eigenvalue weighted by Gasteiger charge is -2.50. The van der Waals surface area contributed by atoms with Crippen LogP contribution in [-0.2, 0) is 25.6 Å². The quantitative estimate of drug-likeness (QED) is 0.330. The van der Waals surface area contributed by atoms with Crippen LogP contribution in [0.5, 0.6) is 11.5 Å². The van der Waals surface area contributed by atoms with Crippen molar-refractivity contribution in [2.75, 3.05) is 19.1 Å². The molecule has 3 fully saturated rings. The molecule has 0 spiro atoms. The fourth-order valence-electron chi connectivity index (χ4n) is 7.13. The minimum absolute atomic E-state index is 0.0761. The van der Waals surface area contributed by atoms with Gasteiger partial charge in [0.2, 0.25) is 11.8 Å². The predicted molar refractivity (Wildman–Crippen MR) is 148 cm³/mol. The number of fused-ring (bicyclic) bond motifs is 4. The number of rotatable bonds is 4. The number of likely N-dealkylation sites (tertiary alicyclic amines) is 1. The second-order valence-corrected chi connectivity index (χ2v) is 12.2. The minimum atomic E-state index is -1.89. The fraction of sp³-hybridized carbons (Fsp3) is 0.400. The molecule has 6 unspecified atom stereocenters. The first-order chi connectivity index (χ1) is 19.0. The number of aromatic hydroxyl groups is 1. The van der Waals surface area contributed by atoms with E-state index in [0.29, 0.717) is 16.8 Å². The highest BCUT2D eigenvalue weighted by molar-refractivity contribution is 6.53. The van der Waals surface area contributed by atoms with E-state index in [1.54, 1.807) is 24.3 Å². The Morgan fingerprint density at radius 2 is 1.70 bits per heavy atom. The molecule has 0 radical (unpaired) electrons. The normalized spacial score (nSPS) is 33.1. The van der Waals surface area contributed by atoms with E-state index in [4.69, 9.17) is 27.9 Å². The summed E-state index contributed by atoms with van der Waals surface area (Å²) in [6, 6.07) is 11.9. The average Bonchev–Trinajstić information content (AvgIpc) is 3.28. The number of halogens is 2. The number of benzene rings is 2. The summed E-state index contributed by atoms with van der Waals surface area (Å²) in [5.74, 6) is -4.82. The van der Waals surface area contributed by atoms with Crippen molar-refractivity contribution in [2.24, 2.45) is 17.8 Å². The molecule has 10 heteroatoms. The number of hydrogen-bond donors (Lipinski definition) is 1. The van der Waals surface area contributed by atoms with Crippen molar-refractivity contribution < 1.29 is 29.0 Å². The van der Waals surface area contributed by atoms with Crippen molar-refractivity contribution in [3.8, 4) is 11.5 Å². The van der Waals surface area contributed by atoms with Gasteiger partial charge < -0.3 is 9.84 Å². The molecule has 2 aromatic rings. The summed E-state index contributed by atoms with van der Waals surface area (Å²) in [4.78, 5) is 53.3. The Morgan fingerprint density at radius 3 is 2.35 bits per heavy atom. The van der Waals surface area contributed by atoms with Gasteiger partial charge in [0.1, 0.15) is 0 Å². The molecule has 1 N–H and O–H groups in total. The van der Waals surface area contributed by atoms with E-state index in [9.17, 15) is 24.3 Å². The molecule has 0 aromatic heterocycles. The zero-order valence-electron chi connectivity index (χ0n) is 22.2. The van der Waals surface area contributed by atoms with Gasteiger partial charge >= 0.3 is 0 Å². The molecular formula is C30H28Cl2N2O6. The van der Waals surface area contributed by atoms with Gasteiger partial charge in [-0.25, -0.2) is 0 Å². The van der Waals surface area contributed by atoms with Gasteiger partial charge in [0.25, 0.3) is 11.8 Å². The van der Waals surface area contributed by atoms with Gasteiger partial charge in [-0.15, -0.1) is 23.2 Å². The molecule has 40 heavy (non-hydrogen) atoms. The van der Waals surface area contributed by atoms with E-state index in [1.807, 2.05) is 25.1 Å². The summed E-state index contributed by atoms with van der Waals surface area (Å²) >= 11 is 14.3. The number of anilines is 1. The van der Waals surface area contributed by atoms with Crippen LogP contribution in [0.3, 0.4) is 0 Å². The third kappa shape index (κ3) is 3.32. The highest BCUT2D eigenvalue weighted by atomic mass is 35.5. The SMILES string of the molecule is CCc1ccc(N2C(=O)C3CC=C4C(CC5(Cl)C(=O)N(C)C(=O)C5(Cl)C4c4ccc(O)c(OC)c4)C3C2=O)cc1. The van der Waals surface area contributed by atoms with Gasteiger partial charge in [-0.2, -0.15) is 0 Å². The molecule has 6 atom stereocenters. The number of allylic oxidation sites excluding steroid dienone is 2. The molecule has 6 rings (SSSR count). The number of hydrogen-bond acceptors (Lipinski definition) is 6. The van der Waals surface area contributed by atoms with Crippen LogP contribution in [0.25, 0.3) is 0 Å². The summed E-state index contributed by atoms with van der Waals surface area (Å²) in [6.07, 6.45) is 2.90. The highest BCUT2D eigenvalue weighted by Gasteiger charge is 2.75. The number of imide groups is 2. The zero-order chi connectivity index (χ0) is 28.7. The monoisotopic (exact) mass is 582 g/mol. The largest absolute Gasteiger partial charge is 0.504 e. The molecule has 1 saturated carbocycles. The number of amides is 4. The first-order valence-electron chi connectivity index (χ1n) is 13.2. The molecule has 4 aliphatic rings. The lowest BCUT2D eigenvalue weighted by molar-refractivity contribution is -0.138. The van der Waals surface area contributed by atoms with Gasteiger partial charge in [-0.05, 0) is 60.6 Å². The van der Waals surface area contributed by atoms with Crippen molar-refractivity contribution >= 4 is 52.5 Å². The van der Waals surface area contributed by atoms with Crippen LogP contribution < -0.4 is 9.64 Å². The summed E-state index contributed by atoms with van der Waals surface area (Å²) in [6.45, 7) is 2.03. The third-order valence-electron chi connectivity index (χ3n) is 9.15. The number of methoxy groups -OCH3 is 1. The molecule has 0 bridgehead atoms. The number of phenols is 1. The van der Waals surface area contributed by atoms with Crippen molar-refractivity contribution in [3.63, 3.8) is 0 Å². The Balaban J connectivity index is 1.50. The van der Waals surface area contributed by atoms with E-state index in [-0.39, 0.29) is 36.2 Å². The van der Waals surface area contributed by atoms with E-state index < -0.39 is 45.2 Å². The first kappa shape index (κ1) is 26.8. The zero-order valence-corrected chi connectivity index (χ0v) is 23.7. The maximum atomic E-state index is 14.0. The smallest absolute Gasteiger partial charge is 0.253 e. The second-order valence-electron chi connectivity index (χ2n) is 11.0. The number of carbonyl (C=O) groups is 4. The summed E-state index contributed by atoms with van der Waals surface area (Å²) < 4.78 is 5.32. The molecule has 4 amide bonds. The van der Waals surface area contributed by atoms with Gasteiger partial charge in [0.15, 0.2) is 21.2 Å². The number of phenolic OH excluding ortho intramolecular Hbond substituents is 1. The lowest BCUT2D eigenvalue weighted by atomic mass is 9.56. The van der Waals surface area contributed by atoms with E-state index in [1.165, 1.54) is 25.1 Å². The summed E-state index contributed by atoms with van der Waals surface area (Å²) in [7, 11) is 2.75. The van der Waals surface area contributed by atoms with Crippen LogP contribution >= 0.6 is 23.2 Å². The van der Waals surface area contributed by atoms with Crippen LogP contribution in [0.15, 0.2) is 54.1 Å². The van der Waals surface area contributed by atoms with Crippen molar-refractivity contribution in [2.45, 2.75) is 41.9 Å². The van der Waals surface area contributed by atoms with Gasteiger partial charge in [0.05, 0.1) is 24.6 Å². The molecule has 8 nitrogen and oxygen atoms in total. The topological polar surface area (TPSA) is 104 Å². The molecular weight excluding hydrogens is 555 g/mol. The molecule has 2 aliphatic carbocycles. The number of carbonyl (C=O) groups excluding carboxylic acids is 4. The Bertz CT molecular complexity index is 1510. The number of nitrogens with zero attached hydrogens (tertiary/aromatic N) is 2. The molecule has 2 aliphatic heterocycles. The van der Waals surface area contributed by atoms with Gasteiger partial charge in [0, 0.05) is 13.0 Å². The van der Waals surface area contributed by atoms with Crippen molar-refractivity contribution in [1.82, 2.24) is 4.90 Å². The maximum Gasteiger partial charge on any atom is 0.253 e. The average molecular weight is 583 g/mol. The number of ether oxygens (including phenoxy) is 1. The number of aryl methyl sites for hydroxylation is 1. The first-order valence-corrected chi connectivity index (χ1v) is 14.0. The van der Waals surface area contributed by atoms with Gasteiger partial charge in [-0.3, -0.25) is 29.0 Å². The van der Waals surface area contributed by atoms with Crippen LogP contribution in [0.2, 0.25) is 0 Å². The van der Waals surface area contributed by atoms with E-state index in [2.05, 4.69) is 0 Å². The summed E-state index contributed by atoms with van der Waals surface area (Å²) in [5.41, 5.74) is 2.77. The Morgan fingerprint density at radius 1 is 1.00 bits per heavy atom. The Labute approximate surface area is 241 Å². The van der Waals surface area contributed by atoms with E-state index in [0.717, 1.165) is 16.9 Å². The standard InChI is InChI=1S/C30H28Cl2N2O6/c1-4-15-5-8-17(9-6-15)34-25(36)19-11-10-18-20(23(19)26(34)37)14-29(31)27(38)33(2)28(39)30(29,32)24(18)16-7-12-21(35)22(13-16)40-3/h5-10,12-13,19-20,23-24,35H,4,11,14H2,1-3H3. The fourth-order valence-corrected chi connectivity index (χ4v) is 8.15. The third-order valence-corrected chi connectivity index (χ3v) is 10.6. The van der Waals surface area contributed by atoms with Crippen LogP contribution in [0.1, 0.15) is 36.8 Å². The molecule has 208 valence electrons. The lowest BCUT2D eigenvalue weighted by Crippen LogP contribution is -2.60. The molecule has 2 aromatic carbocycles. The maximum absolute atomic E-state index is 14.0. The Kier molecular flexibility index (Phi) is 6.09. The molecule has 2 saturated heterocycles. The number of alkyl halides is 2. The summed E-state index contributed by atoms with van der Waals surface area (Å²) in [5, 5.41) is 10.2. The molecule has 2 heterocycles. The minimum Gasteiger partial charge on any atom is -0.504 e. The van der Waals surface area contributed by atoms with Crippen LogP contribution in [0, 0.1) is 17.8 Å². The van der Waals surface area contributed by atoms with Crippen LogP contribution in [0.4, 0.5) is 5.69 Å². The van der Waals surface area contributed by atoms with Crippen LogP contribution in [-0.4, -0.2) is 57.5 Å². The van der Waals surface area contributed by atoms with Gasteiger partial charge in [-0.1, -0.05) is 36.8 Å². The van der Waals surface area contributed by atoms with Crippen molar-refractivity contribution in [1.29, 1.82) is 0 Å². The highest BCUT2D eigenvalue weighted by Crippen LogP contribution is 2.65.